The molecule has 106 valence electrons. The lowest BCUT2D eigenvalue weighted by atomic mass is 10.1. The second-order valence-electron chi connectivity index (χ2n) is 4.30. The molecule has 1 atom stereocenters. The summed E-state index contributed by atoms with van der Waals surface area (Å²) < 4.78 is 55.8. The van der Waals surface area contributed by atoms with Gasteiger partial charge in [-0.2, -0.15) is 13.2 Å². The van der Waals surface area contributed by atoms with Crippen molar-refractivity contribution in [2.45, 2.75) is 26.4 Å². The average molecular weight is 278 g/mol. The maximum Gasteiger partial charge on any atom is 0.417 e. The Morgan fingerprint density at radius 1 is 1.37 bits per heavy atom. The molecule has 0 saturated carbocycles. The summed E-state index contributed by atoms with van der Waals surface area (Å²) in [5.74, 6) is -2.04. The van der Waals surface area contributed by atoms with E-state index < -0.39 is 29.1 Å². The first-order valence-corrected chi connectivity index (χ1v) is 5.79. The minimum atomic E-state index is -4.72. The van der Waals surface area contributed by atoms with Gasteiger partial charge in [-0.15, -0.1) is 0 Å². The van der Waals surface area contributed by atoms with Gasteiger partial charge in [0.25, 0.3) is 0 Å². The lowest BCUT2D eigenvalue weighted by molar-refractivity contribution is -0.138. The van der Waals surface area contributed by atoms with Gasteiger partial charge in [0, 0.05) is 0 Å². The van der Waals surface area contributed by atoms with Gasteiger partial charge >= 0.3 is 12.1 Å². The van der Waals surface area contributed by atoms with Gasteiger partial charge in [0.2, 0.25) is 0 Å². The van der Waals surface area contributed by atoms with E-state index in [1.807, 2.05) is 6.92 Å². The minimum Gasteiger partial charge on any atom is -0.462 e. The van der Waals surface area contributed by atoms with Crippen LogP contribution in [0.5, 0.6) is 0 Å². The number of alkyl halides is 3. The molecule has 0 aromatic heterocycles. The molecule has 0 amide bonds. The van der Waals surface area contributed by atoms with E-state index >= 15 is 0 Å². The Kier molecular flexibility index (Phi) is 4.91. The van der Waals surface area contributed by atoms with Crippen LogP contribution in [0, 0.1) is 11.7 Å². The van der Waals surface area contributed by atoms with Gasteiger partial charge in [0.05, 0.1) is 17.7 Å². The summed E-state index contributed by atoms with van der Waals surface area (Å²) in [6.45, 7) is 3.66. The number of carbonyl (C=O) groups is 1. The molecule has 0 aliphatic heterocycles. The molecular formula is C13H14F4O2. The van der Waals surface area contributed by atoms with E-state index in [4.69, 9.17) is 4.74 Å². The summed E-state index contributed by atoms with van der Waals surface area (Å²) in [6, 6.07) is 1.74. The Labute approximate surface area is 108 Å². The van der Waals surface area contributed by atoms with E-state index in [-0.39, 0.29) is 12.5 Å². The third-order valence-corrected chi connectivity index (χ3v) is 2.70. The van der Waals surface area contributed by atoms with Crippen molar-refractivity contribution in [2.75, 3.05) is 6.61 Å². The van der Waals surface area contributed by atoms with Crippen molar-refractivity contribution in [1.29, 1.82) is 0 Å². The summed E-state index contributed by atoms with van der Waals surface area (Å²) in [5.41, 5.74) is -1.99. The zero-order valence-electron chi connectivity index (χ0n) is 10.6. The van der Waals surface area contributed by atoms with Crippen LogP contribution < -0.4 is 0 Å². The third kappa shape index (κ3) is 4.22. The zero-order valence-corrected chi connectivity index (χ0v) is 10.6. The van der Waals surface area contributed by atoms with Gasteiger partial charge in [0.15, 0.2) is 0 Å². The van der Waals surface area contributed by atoms with E-state index in [9.17, 15) is 22.4 Å². The van der Waals surface area contributed by atoms with Crippen LogP contribution in [0.15, 0.2) is 18.2 Å². The molecule has 0 bridgehead atoms. The fourth-order valence-electron chi connectivity index (χ4n) is 1.35. The molecule has 0 radical (unpaired) electrons. The Morgan fingerprint density at radius 2 is 2.00 bits per heavy atom. The first-order valence-electron chi connectivity index (χ1n) is 5.79. The number of halogens is 4. The number of hydrogen-bond acceptors (Lipinski definition) is 2. The van der Waals surface area contributed by atoms with Crippen molar-refractivity contribution in [3.8, 4) is 0 Å². The molecule has 1 unspecified atom stereocenters. The molecule has 0 aliphatic carbocycles. The van der Waals surface area contributed by atoms with Crippen molar-refractivity contribution in [3.05, 3.63) is 35.1 Å². The lowest BCUT2D eigenvalue weighted by Crippen LogP contribution is -2.17. The van der Waals surface area contributed by atoms with E-state index in [0.29, 0.717) is 18.2 Å². The van der Waals surface area contributed by atoms with Crippen LogP contribution >= 0.6 is 0 Å². The topological polar surface area (TPSA) is 26.3 Å². The highest BCUT2D eigenvalue weighted by atomic mass is 19.4. The van der Waals surface area contributed by atoms with Crippen molar-refractivity contribution in [1.82, 2.24) is 0 Å². The molecule has 1 rings (SSSR count). The summed E-state index contributed by atoms with van der Waals surface area (Å²) in [5, 5.41) is 0. The molecule has 0 spiro atoms. The van der Waals surface area contributed by atoms with Crippen molar-refractivity contribution >= 4 is 5.97 Å². The average Bonchev–Trinajstić information content (AvgIpc) is 2.33. The SMILES string of the molecule is CCC(C)COC(=O)c1cc(F)ccc1C(F)(F)F. The minimum absolute atomic E-state index is 0.00312. The highest BCUT2D eigenvalue weighted by Crippen LogP contribution is 2.32. The quantitative estimate of drug-likeness (QED) is 0.613. The molecule has 0 heterocycles. The van der Waals surface area contributed by atoms with Crippen molar-refractivity contribution < 1.29 is 27.1 Å². The van der Waals surface area contributed by atoms with E-state index in [1.165, 1.54) is 0 Å². The van der Waals surface area contributed by atoms with Crippen LogP contribution in [0.3, 0.4) is 0 Å². The van der Waals surface area contributed by atoms with Crippen LogP contribution in [0.2, 0.25) is 0 Å². The molecule has 1 aromatic rings. The van der Waals surface area contributed by atoms with Gasteiger partial charge in [-0.1, -0.05) is 20.3 Å². The van der Waals surface area contributed by atoms with E-state index in [1.54, 1.807) is 6.92 Å². The van der Waals surface area contributed by atoms with E-state index in [0.717, 1.165) is 6.42 Å². The number of esters is 1. The van der Waals surface area contributed by atoms with Gasteiger partial charge in [0.1, 0.15) is 5.82 Å². The first kappa shape index (κ1) is 15.5. The highest BCUT2D eigenvalue weighted by Gasteiger charge is 2.36. The van der Waals surface area contributed by atoms with Gasteiger partial charge < -0.3 is 4.74 Å². The number of hydrogen-bond donors (Lipinski definition) is 0. The van der Waals surface area contributed by atoms with Crippen LogP contribution in [0.4, 0.5) is 17.6 Å². The molecule has 1 aromatic carbocycles. The number of rotatable bonds is 4. The second-order valence-corrected chi connectivity index (χ2v) is 4.30. The normalized spacial score (nSPS) is 13.2. The van der Waals surface area contributed by atoms with Crippen molar-refractivity contribution in [3.63, 3.8) is 0 Å². The van der Waals surface area contributed by atoms with Gasteiger partial charge in [-0.3, -0.25) is 0 Å². The molecular weight excluding hydrogens is 264 g/mol. The zero-order chi connectivity index (χ0) is 14.6. The van der Waals surface area contributed by atoms with Crippen LogP contribution in [0.25, 0.3) is 0 Å². The largest absolute Gasteiger partial charge is 0.462 e. The fraction of sp³-hybridized carbons (Fsp3) is 0.462. The molecule has 19 heavy (non-hydrogen) atoms. The Hall–Kier alpha value is -1.59. The fourth-order valence-corrected chi connectivity index (χ4v) is 1.35. The molecule has 2 nitrogen and oxygen atoms in total. The maximum atomic E-state index is 13.0. The second kappa shape index (κ2) is 6.04. The number of carbonyl (C=O) groups excluding carboxylic acids is 1. The van der Waals surface area contributed by atoms with Crippen LogP contribution in [0.1, 0.15) is 36.2 Å². The number of benzene rings is 1. The Bertz CT molecular complexity index is 454. The first-order chi connectivity index (χ1) is 8.75. The lowest BCUT2D eigenvalue weighted by Gasteiger charge is -2.14. The molecule has 0 fully saturated rings. The summed E-state index contributed by atoms with van der Waals surface area (Å²) in [6.07, 6.45) is -4.00. The van der Waals surface area contributed by atoms with Crippen LogP contribution in [-0.4, -0.2) is 12.6 Å². The Morgan fingerprint density at radius 3 is 2.53 bits per heavy atom. The molecule has 6 heteroatoms. The summed E-state index contributed by atoms with van der Waals surface area (Å²) >= 11 is 0. The highest BCUT2D eigenvalue weighted by molar-refractivity contribution is 5.91. The summed E-state index contributed by atoms with van der Waals surface area (Å²) in [7, 11) is 0. The third-order valence-electron chi connectivity index (χ3n) is 2.70. The number of ether oxygens (including phenoxy) is 1. The summed E-state index contributed by atoms with van der Waals surface area (Å²) in [4.78, 5) is 11.6. The molecule has 0 N–H and O–H groups in total. The Balaban J connectivity index is 2.98. The standard InChI is InChI=1S/C13H14F4O2/c1-3-8(2)7-19-12(18)10-6-9(14)4-5-11(10)13(15,16)17/h4-6,8H,3,7H2,1-2H3. The van der Waals surface area contributed by atoms with Crippen LogP contribution in [-0.2, 0) is 10.9 Å². The monoisotopic (exact) mass is 278 g/mol. The van der Waals surface area contributed by atoms with Crippen molar-refractivity contribution in [2.24, 2.45) is 5.92 Å². The maximum absolute atomic E-state index is 13.0. The predicted octanol–water partition coefficient (Wildman–Crippen LogP) is 4.05. The smallest absolute Gasteiger partial charge is 0.417 e. The molecule has 0 saturated heterocycles. The predicted molar refractivity (Wildman–Crippen MR) is 61.1 cm³/mol. The van der Waals surface area contributed by atoms with Gasteiger partial charge in [-0.05, 0) is 24.1 Å². The van der Waals surface area contributed by atoms with Gasteiger partial charge in [-0.25, -0.2) is 9.18 Å². The van der Waals surface area contributed by atoms with E-state index in [2.05, 4.69) is 0 Å². The molecule has 0 aliphatic rings.